The van der Waals surface area contributed by atoms with Crippen LogP contribution in [-0.2, 0) is 20.4 Å². The first-order valence-corrected chi connectivity index (χ1v) is 10.9. The lowest BCUT2D eigenvalue weighted by Gasteiger charge is -2.11. The van der Waals surface area contributed by atoms with Gasteiger partial charge in [0.1, 0.15) is 9.79 Å². The van der Waals surface area contributed by atoms with E-state index in [2.05, 4.69) is 21.3 Å². The Morgan fingerprint density at radius 3 is 1.33 bits per heavy atom. The van der Waals surface area contributed by atoms with Crippen molar-refractivity contribution in [3.05, 3.63) is 48.5 Å². The molecule has 0 aliphatic rings. The molecule has 0 saturated heterocycles. The number of urea groups is 2. The molecule has 4 N–H and O–H groups in total. The Balaban J connectivity index is 1.84. The molecule has 2 aromatic carbocycles. The van der Waals surface area contributed by atoms with Crippen LogP contribution in [0.3, 0.4) is 0 Å². The molecule has 0 saturated carbocycles. The van der Waals surface area contributed by atoms with Crippen molar-refractivity contribution in [2.75, 3.05) is 23.7 Å². The number of nitrogens with one attached hydrogen (secondary N) is 4. The van der Waals surface area contributed by atoms with E-state index in [0.717, 1.165) is 12.1 Å². The summed E-state index contributed by atoms with van der Waals surface area (Å²) in [6, 6.07) is 7.97. The Labute approximate surface area is 171 Å². The van der Waals surface area contributed by atoms with Crippen molar-refractivity contribution in [2.45, 2.75) is 9.79 Å². The van der Waals surface area contributed by atoms with E-state index in [1.54, 1.807) is 0 Å². The lowest BCUT2D eigenvalue weighted by atomic mass is 10.3. The average molecular weight is 462 g/mol. The summed E-state index contributed by atoms with van der Waals surface area (Å²) in [5, 5.41) is 8.92. The molecule has 0 bridgehead atoms. The Bertz CT molecular complexity index is 1060. The molecule has 0 spiro atoms. The zero-order valence-electron chi connectivity index (χ0n) is 15.1. The van der Waals surface area contributed by atoms with Gasteiger partial charge in [-0.3, -0.25) is 0 Å². The lowest BCUT2D eigenvalue weighted by Crippen LogP contribution is -2.38. The highest BCUT2D eigenvalue weighted by atomic mass is 32.3. The fourth-order valence-corrected chi connectivity index (χ4v) is 3.50. The van der Waals surface area contributed by atoms with Gasteiger partial charge in [-0.15, -0.1) is 7.77 Å². The molecule has 0 aliphatic heterocycles. The van der Waals surface area contributed by atoms with Crippen LogP contribution < -0.4 is 21.3 Å². The van der Waals surface area contributed by atoms with Crippen LogP contribution in [0.15, 0.2) is 58.3 Å². The quantitative estimate of drug-likeness (QED) is 0.365. The summed E-state index contributed by atoms with van der Waals surface area (Å²) in [6.07, 6.45) is 0. The minimum Gasteiger partial charge on any atom is -0.336 e. The highest BCUT2D eigenvalue weighted by molar-refractivity contribution is 7.86. The molecule has 30 heavy (non-hydrogen) atoms. The second-order valence-corrected chi connectivity index (χ2v) is 8.26. The van der Waals surface area contributed by atoms with Crippen LogP contribution in [-0.4, -0.2) is 42.0 Å². The van der Waals surface area contributed by atoms with E-state index < -0.39 is 42.3 Å². The highest BCUT2D eigenvalue weighted by Gasteiger charge is 2.19. The SMILES string of the molecule is O=C(NCCNC(=O)Nc1ccccc1S(=O)(=O)F)Nc1ccccc1S(=O)(=O)F. The van der Waals surface area contributed by atoms with E-state index in [1.807, 2.05) is 0 Å². The molecule has 0 radical (unpaired) electrons. The van der Waals surface area contributed by atoms with Gasteiger partial charge in [-0.2, -0.15) is 16.8 Å². The Morgan fingerprint density at radius 1 is 0.667 bits per heavy atom. The predicted molar refractivity (Wildman–Crippen MR) is 104 cm³/mol. The largest absolute Gasteiger partial charge is 0.336 e. The first kappa shape index (κ1) is 23.0. The molecule has 2 rings (SSSR count). The van der Waals surface area contributed by atoms with Gasteiger partial charge in [0, 0.05) is 13.1 Å². The molecular weight excluding hydrogens is 446 g/mol. The van der Waals surface area contributed by atoms with E-state index in [1.165, 1.54) is 36.4 Å². The second-order valence-electron chi connectivity index (χ2n) is 5.63. The Hall–Kier alpha value is -3.26. The van der Waals surface area contributed by atoms with Crippen molar-refractivity contribution in [3.63, 3.8) is 0 Å². The van der Waals surface area contributed by atoms with Gasteiger partial charge in [0.05, 0.1) is 11.4 Å². The van der Waals surface area contributed by atoms with Crippen molar-refractivity contribution >= 4 is 43.9 Å². The van der Waals surface area contributed by atoms with Crippen LogP contribution in [0.1, 0.15) is 0 Å². The summed E-state index contributed by atoms with van der Waals surface area (Å²) in [7, 11) is -10.1. The summed E-state index contributed by atoms with van der Waals surface area (Å²) < 4.78 is 70.6. The van der Waals surface area contributed by atoms with Crippen LogP contribution in [0.2, 0.25) is 0 Å². The third-order valence-corrected chi connectivity index (χ3v) is 5.25. The van der Waals surface area contributed by atoms with Gasteiger partial charge in [0.25, 0.3) is 0 Å². The third kappa shape index (κ3) is 6.66. The number of rotatable bonds is 7. The van der Waals surface area contributed by atoms with Gasteiger partial charge in [0.2, 0.25) is 0 Å². The molecule has 0 heterocycles. The molecular formula is C16H16F2N4O6S2. The number of hydrogen-bond acceptors (Lipinski definition) is 6. The molecule has 0 aliphatic carbocycles. The lowest BCUT2D eigenvalue weighted by molar-refractivity contribution is 0.248. The summed E-state index contributed by atoms with van der Waals surface area (Å²) in [5.41, 5.74) is -0.542. The second kappa shape index (κ2) is 9.49. The van der Waals surface area contributed by atoms with E-state index >= 15 is 0 Å². The highest BCUT2D eigenvalue weighted by Crippen LogP contribution is 2.23. The Morgan fingerprint density at radius 2 is 1.00 bits per heavy atom. The van der Waals surface area contributed by atoms with Crippen LogP contribution in [0.25, 0.3) is 0 Å². The van der Waals surface area contributed by atoms with Crippen molar-refractivity contribution in [1.82, 2.24) is 10.6 Å². The topological polar surface area (TPSA) is 151 Å². The minimum absolute atomic E-state index is 0.118. The number of benzene rings is 2. The fraction of sp³-hybridized carbons (Fsp3) is 0.125. The van der Waals surface area contributed by atoms with E-state index in [4.69, 9.17) is 0 Å². The third-order valence-electron chi connectivity index (χ3n) is 3.49. The van der Waals surface area contributed by atoms with Gasteiger partial charge in [-0.1, -0.05) is 24.3 Å². The number of anilines is 2. The monoisotopic (exact) mass is 462 g/mol. The van der Waals surface area contributed by atoms with E-state index in [9.17, 15) is 34.2 Å². The van der Waals surface area contributed by atoms with Crippen molar-refractivity contribution < 1.29 is 34.2 Å². The number of carbonyl (C=O) groups excluding carboxylic acids is 2. The van der Waals surface area contributed by atoms with Crippen LogP contribution in [0, 0.1) is 0 Å². The standard InChI is InChI=1S/C16H16F2N4O6S2/c17-29(25,26)13-7-3-1-5-11(13)21-15(23)19-9-10-20-16(24)22-12-6-2-4-8-14(12)30(18,27)28/h1-8H,9-10H2,(H2,19,21,23)(H2,20,22,24). The number of hydrogen-bond donors (Lipinski definition) is 4. The summed E-state index contributed by atoms with van der Waals surface area (Å²) >= 11 is 0. The molecule has 4 amide bonds. The maximum atomic E-state index is 13.2. The van der Waals surface area contributed by atoms with Crippen LogP contribution in [0.4, 0.5) is 28.7 Å². The first-order chi connectivity index (χ1) is 14.0. The maximum Gasteiger partial charge on any atom is 0.334 e. The summed E-state index contributed by atoms with van der Waals surface area (Å²) in [5.74, 6) is 0. The number of carbonyl (C=O) groups is 2. The summed E-state index contributed by atoms with van der Waals surface area (Å²) in [4.78, 5) is 22.2. The van der Waals surface area contributed by atoms with Crippen LogP contribution >= 0.6 is 0 Å². The number of halogens is 2. The summed E-state index contributed by atoms with van der Waals surface area (Å²) in [6.45, 7) is -0.236. The number of para-hydroxylation sites is 2. The fourth-order valence-electron chi connectivity index (χ4n) is 2.25. The van der Waals surface area contributed by atoms with Gasteiger partial charge in [0.15, 0.2) is 0 Å². The zero-order chi connectivity index (χ0) is 22.4. The molecule has 0 atom stereocenters. The number of amides is 4. The van der Waals surface area contributed by atoms with Crippen molar-refractivity contribution in [2.24, 2.45) is 0 Å². The first-order valence-electron chi connectivity index (χ1n) is 8.15. The molecule has 0 fully saturated rings. The van der Waals surface area contributed by atoms with E-state index in [0.29, 0.717) is 0 Å². The van der Waals surface area contributed by atoms with Gasteiger partial charge in [-0.05, 0) is 24.3 Å². The molecule has 0 aromatic heterocycles. The molecule has 10 nitrogen and oxygen atoms in total. The predicted octanol–water partition coefficient (Wildman–Crippen LogP) is 1.95. The van der Waals surface area contributed by atoms with Crippen molar-refractivity contribution in [3.8, 4) is 0 Å². The van der Waals surface area contributed by atoms with Gasteiger partial charge < -0.3 is 21.3 Å². The normalized spacial score (nSPS) is 11.4. The molecule has 2 aromatic rings. The molecule has 0 unspecified atom stereocenters. The van der Waals surface area contributed by atoms with Crippen molar-refractivity contribution in [1.29, 1.82) is 0 Å². The van der Waals surface area contributed by atoms with Gasteiger partial charge >= 0.3 is 32.5 Å². The zero-order valence-corrected chi connectivity index (χ0v) is 16.7. The van der Waals surface area contributed by atoms with Crippen LogP contribution in [0.5, 0.6) is 0 Å². The Kier molecular flexibility index (Phi) is 7.28. The molecule has 162 valence electrons. The minimum atomic E-state index is -5.04. The van der Waals surface area contributed by atoms with E-state index in [-0.39, 0.29) is 24.5 Å². The average Bonchev–Trinajstić information content (AvgIpc) is 2.64. The maximum absolute atomic E-state index is 13.2. The smallest absolute Gasteiger partial charge is 0.334 e. The molecule has 14 heteroatoms. The van der Waals surface area contributed by atoms with Gasteiger partial charge in [-0.25, -0.2) is 9.59 Å².